The summed E-state index contributed by atoms with van der Waals surface area (Å²) in [5.41, 5.74) is 1.93. The second kappa shape index (κ2) is 10.3. The monoisotopic (exact) mass is 492 g/mol. The fourth-order valence-corrected chi connectivity index (χ4v) is 5.15. The molecule has 1 atom stereocenters. The highest BCUT2D eigenvalue weighted by Gasteiger charge is 2.19. The fourth-order valence-electron chi connectivity index (χ4n) is 3.68. The lowest BCUT2D eigenvalue weighted by molar-refractivity contribution is -0.119. The Balaban J connectivity index is 1.28. The van der Waals surface area contributed by atoms with Gasteiger partial charge in [-0.2, -0.15) is 0 Å². The van der Waals surface area contributed by atoms with Gasteiger partial charge in [-0.05, 0) is 48.2 Å². The molecule has 0 fully saturated rings. The van der Waals surface area contributed by atoms with E-state index in [0.29, 0.717) is 18.4 Å². The van der Waals surface area contributed by atoms with Crippen molar-refractivity contribution in [1.82, 2.24) is 20.1 Å². The molecule has 4 aromatic rings. The molecule has 0 saturated heterocycles. The van der Waals surface area contributed by atoms with Crippen LogP contribution in [0.25, 0.3) is 16.4 Å². The zero-order chi connectivity index (χ0) is 23.3. The molecule has 2 aromatic carbocycles. The van der Waals surface area contributed by atoms with E-state index in [1.807, 2.05) is 77.5 Å². The zero-order valence-electron chi connectivity index (χ0n) is 18.6. The lowest BCUT2D eigenvalue weighted by atomic mass is 10.1. The number of carbonyl (C=O) groups is 1. The highest BCUT2D eigenvalue weighted by atomic mass is 32.2. The lowest BCUT2D eigenvalue weighted by Gasteiger charge is -2.16. The summed E-state index contributed by atoms with van der Waals surface area (Å²) < 4.78 is 13.5. The Kier molecular flexibility index (Phi) is 6.82. The number of para-hydroxylation sites is 1. The molecule has 2 aromatic heterocycles. The molecule has 0 bridgehead atoms. The number of benzene rings is 2. The molecule has 0 radical (unpaired) electrons. The summed E-state index contributed by atoms with van der Waals surface area (Å²) in [4.78, 5) is 13.8. The van der Waals surface area contributed by atoms with Gasteiger partial charge >= 0.3 is 0 Å². The van der Waals surface area contributed by atoms with Gasteiger partial charge in [0, 0.05) is 12.1 Å². The minimum Gasteiger partial charge on any atom is -0.490 e. The molecule has 174 valence electrons. The van der Waals surface area contributed by atoms with E-state index in [-0.39, 0.29) is 17.7 Å². The van der Waals surface area contributed by atoms with Gasteiger partial charge in [-0.25, -0.2) is 0 Å². The highest BCUT2D eigenvalue weighted by molar-refractivity contribution is 7.99. The Morgan fingerprint density at radius 2 is 1.91 bits per heavy atom. The van der Waals surface area contributed by atoms with Gasteiger partial charge in [-0.1, -0.05) is 42.1 Å². The van der Waals surface area contributed by atoms with Crippen molar-refractivity contribution in [1.29, 1.82) is 0 Å². The summed E-state index contributed by atoms with van der Waals surface area (Å²) in [5.74, 6) is 2.39. The van der Waals surface area contributed by atoms with Crippen LogP contribution in [0.2, 0.25) is 0 Å². The Bertz CT molecular complexity index is 1260. The van der Waals surface area contributed by atoms with Gasteiger partial charge in [0.2, 0.25) is 5.91 Å². The van der Waals surface area contributed by atoms with E-state index in [1.54, 1.807) is 11.3 Å². The number of rotatable bonds is 7. The maximum absolute atomic E-state index is 12.8. The number of carbonyl (C=O) groups excluding carboxylic acids is 1. The Hall–Kier alpha value is -3.30. The van der Waals surface area contributed by atoms with Crippen LogP contribution in [-0.2, 0) is 4.79 Å². The number of hydrogen-bond donors (Lipinski definition) is 1. The van der Waals surface area contributed by atoms with Crippen molar-refractivity contribution in [2.75, 3.05) is 19.0 Å². The van der Waals surface area contributed by atoms with Crippen molar-refractivity contribution >= 4 is 29.0 Å². The van der Waals surface area contributed by atoms with Crippen LogP contribution < -0.4 is 14.8 Å². The molecule has 1 aliphatic heterocycles. The van der Waals surface area contributed by atoms with E-state index in [4.69, 9.17) is 9.47 Å². The Morgan fingerprint density at radius 1 is 1.09 bits per heavy atom. The molecule has 1 amide bonds. The summed E-state index contributed by atoms with van der Waals surface area (Å²) in [6.07, 6.45) is 0.856. The van der Waals surface area contributed by atoms with Gasteiger partial charge in [0.05, 0.1) is 29.9 Å². The second-order valence-corrected chi connectivity index (χ2v) is 9.68. The average molecular weight is 493 g/mol. The predicted molar refractivity (Wildman–Crippen MR) is 134 cm³/mol. The lowest BCUT2D eigenvalue weighted by Crippen LogP contribution is -2.28. The number of thiophene rings is 1. The number of nitrogens with zero attached hydrogens (tertiary/aromatic N) is 3. The summed E-state index contributed by atoms with van der Waals surface area (Å²) in [5, 5.41) is 14.6. The molecule has 1 aliphatic rings. The minimum absolute atomic E-state index is 0.0788. The topological polar surface area (TPSA) is 78.3 Å². The number of nitrogens with one attached hydrogen (secondary N) is 1. The predicted octanol–water partition coefficient (Wildman–Crippen LogP) is 5.13. The van der Waals surface area contributed by atoms with Crippen LogP contribution in [0.5, 0.6) is 11.5 Å². The van der Waals surface area contributed by atoms with E-state index in [0.717, 1.165) is 39.9 Å². The van der Waals surface area contributed by atoms with Crippen LogP contribution in [-0.4, -0.2) is 39.6 Å². The first-order chi connectivity index (χ1) is 16.7. The largest absolute Gasteiger partial charge is 0.490 e. The summed E-state index contributed by atoms with van der Waals surface area (Å²) >= 11 is 2.98. The quantitative estimate of drug-likeness (QED) is 0.361. The van der Waals surface area contributed by atoms with E-state index in [1.165, 1.54) is 11.8 Å². The van der Waals surface area contributed by atoms with E-state index >= 15 is 0 Å². The van der Waals surface area contributed by atoms with Gasteiger partial charge < -0.3 is 14.8 Å². The smallest absolute Gasteiger partial charge is 0.230 e. The molecule has 3 heterocycles. The van der Waals surface area contributed by atoms with Crippen molar-refractivity contribution in [3.05, 3.63) is 71.6 Å². The normalized spacial score (nSPS) is 13.8. The average Bonchev–Trinajstić information content (AvgIpc) is 3.48. The molecular weight excluding hydrogens is 468 g/mol. The van der Waals surface area contributed by atoms with Crippen LogP contribution in [0.1, 0.15) is 24.9 Å². The van der Waals surface area contributed by atoms with Crippen molar-refractivity contribution in [3.8, 4) is 27.9 Å². The number of thioether (sulfide) groups is 1. The first-order valence-electron chi connectivity index (χ1n) is 11.1. The number of aromatic nitrogens is 3. The number of amides is 1. The molecule has 0 aliphatic carbocycles. The third-order valence-corrected chi connectivity index (χ3v) is 7.17. The fraction of sp³-hybridized carbons (Fsp3) is 0.240. The van der Waals surface area contributed by atoms with Gasteiger partial charge in [0.15, 0.2) is 22.5 Å². The van der Waals surface area contributed by atoms with Crippen LogP contribution in [0, 0.1) is 0 Å². The molecule has 0 unspecified atom stereocenters. The summed E-state index contributed by atoms with van der Waals surface area (Å²) in [7, 11) is 0. The van der Waals surface area contributed by atoms with Crippen LogP contribution >= 0.6 is 23.1 Å². The highest BCUT2D eigenvalue weighted by Crippen LogP contribution is 2.33. The van der Waals surface area contributed by atoms with Crippen LogP contribution in [0.4, 0.5) is 0 Å². The maximum atomic E-state index is 12.8. The second-order valence-electron chi connectivity index (χ2n) is 7.79. The standard InChI is InChI=1S/C25H24N4O3S2/c1-17(18-10-11-20-21(15-18)32-13-6-12-31-20)26-23(30)16-34-25-28-27-24(22-9-5-14-33-22)29(25)19-7-3-2-4-8-19/h2-5,7-11,14-15,17H,6,12-13,16H2,1H3,(H,26,30)/t17-/m1/s1. The molecule has 0 saturated carbocycles. The summed E-state index contributed by atoms with van der Waals surface area (Å²) in [6.45, 7) is 3.24. The van der Waals surface area contributed by atoms with Crippen molar-refractivity contribution in [2.24, 2.45) is 0 Å². The van der Waals surface area contributed by atoms with Crippen molar-refractivity contribution in [3.63, 3.8) is 0 Å². The molecule has 9 heteroatoms. The molecule has 34 heavy (non-hydrogen) atoms. The van der Waals surface area contributed by atoms with Crippen molar-refractivity contribution in [2.45, 2.75) is 24.5 Å². The SMILES string of the molecule is C[C@@H](NC(=O)CSc1nnc(-c2cccs2)n1-c1ccccc1)c1ccc2c(c1)OCCCO2. The van der Waals surface area contributed by atoms with E-state index in [9.17, 15) is 4.79 Å². The van der Waals surface area contributed by atoms with E-state index < -0.39 is 0 Å². The molecule has 1 N–H and O–H groups in total. The first kappa shape index (κ1) is 22.5. The molecule has 5 rings (SSSR count). The number of ether oxygens (including phenoxy) is 2. The summed E-state index contributed by atoms with van der Waals surface area (Å²) in [6, 6.07) is 19.6. The van der Waals surface area contributed by atoms with Crippen LogP contribution in [0.15, 0.2) is 71.2 Å². The van der Waals surface area contributed by atoms with E-state index in [2.05, 4.69) is 15.5 Å². The van der Waals surface area contributed by atoms with Crippen molar-refractivity contribution < 1.29 is 14.3 Å². The van der Waals surface area contributed by atoms with Crippen LogP contribution in [0.3, 0.4) is 0 Å². The minimum atomic E-state index is -0.168. The van der Waals surface area contributed by atoms with Gasteiger partial charge in [0.25, 0.3) is 0 Å². The zero-order valence-corrected chi connectivity index (χ0v) is 20.3. The Labute approximate surface area is 206 Å². The van der Waals surface area contributed by atoms with Gasteiger partial charge in [-0.3, -0.25) is 9.36 Å². The Morgan fingerprint density at radius 3 is 2.71 bits per heavy atom. The molecule has 7 nitrogen and oxygen atoms in total. The first-order valence-corrected chi connectivity index (χ1v) is 12.9. The maximum Gasteiger partial charge on any atom is 0.230 e. The number of hydrogen-bond acceptors (Lipinski definition) is 7. The number of fused-ring (bicyclic) bond motifs is 1. The third kappa shape index (κ3) is 4.95. The molecule has 0 spiro atoms. The molecular formula is C25H24N4O3S2. The van der Waals surface area contributed by atoms with Gasteiger partial charge in [0.1, 0.15) is 0 Å². The van der Waals surface area contributed by atoms with Gasteiger partial charge in [-0.15, -0.1) is 21.5 Å². The third-order valence-electron chi connectivity index (χ3n) is 5.37.